The summed E-state index contributed by atoms with van der Waals surface area (Å²) in [6.45, 7) is 4.76. The van der Waals surface area contributed by atoms with Gasteiger partial charge in [0.1, 0.15) is 18.1 Å². The first-order valence-electron chi connectivity index (χ1n) is 9.69. The quantitative estimate of drug-likeness (QED) is 0.151. The van der Waals surface area contributed by atoms with Gasteiger partial charge in [-0.2, -0.15) is 0 Å². The van der Waals surface area contributed by atoms with Crippen LogP contribution in [-0.4, -0.2) is 69.9 Å². The number of nitrogens with two attached hydrogens (primary N) is 2. The normalized spacial score (nSPS) is 15.5. The van der Waals surface area contributed by atoms with Crippen molar-refractivity contribution in [3.05, 3.63) is 0 Å². The third-order valence-electron chi connectivity index (χ3n) is 4.56. The average Bonchev–Trinajstić information content (AvgIpc) is 2.66. The van der Waals surface area contributed by atoms with Crippen molar-refractivity contribution >= 4 is 35.6 Å². The van der Waals surface area contributed by atoms with Gasteiger partial charge in [0.2, 0.25) is 23.6 Å². The standard InChI is InChI=1S/C18H31N5O8/c1-4-8(2)14(23-16(28)10(19)7-12(20)24)17(29)21-9(3)15(27)22-11(18(30)31)5-6-13(25)26/h8-11,14H,4-7,19H2,1-3H3,(H2,20,24)(H,21,29)(H,22,27)(H,23,28)(H,25,26)(H,30,31). The number of aliphatic carboxylic acids is 2. The Balaban J connectivity index is 5.12. The summed E-state index contributed by atoms with van der Waals surface area (Å²) in [5.41, 5.74) is 10.6. The predicted molar refractivity (Wildman–Crippen MR) is 107 cm³/mol. The van der Waals surface area contributed by atoms with E-state index < -0.39 is 72.6 Å². The lowest BCUT2D eigenvalue weighted by molar-refractivity contribution is -0.143. The molecule has 0 radical (unpaired) electrons. The summed E-state index contributed by atoms with van der Waals surface area (Å²) in [5.74, 6) is -6.10. The van der Waals surface area contributed by atoms with Crippen molar-refractivity contribution in [1.29, 1.82) is 0 Å². The zero-order valence-electron chi connectivity index (χ0n) is 17.7. The minimum Gasteiger partial charge on any atom is -0.481 e. The van der Waals surface area contributed by atoms with Gasteiger partial charge in [-0.05, 0) is 19.3 Å². The molecule has 31 heavy (non-hydrogen) atoms. The third-order valence-corrected chi connectivity index (χ3v) is 4.56. The molecule has 0 aliphatic heterocycles. The number of hydrogen-bond donors (Lipinski definition) is 7. The van der Waals surface area contributed by atoms with E-state index in [0.717, 1.165) is 0 Å². The van der Waals surface area contributed by atoms with Crippen molar-refractivity contribution < 1.29 is 39.0 Å². The first-order chi connectivity index (χ1) is 14.3. The Labute approximate surface area is 179 Å². The summed E-state index contributed by atoms with van der Waals surface area (Å²) in [7, 11) is 0. The number of nitrogens with one attached hydrogen (secondary N) is 3. The Kier molecular flexibility index (Phi) is 11.8. The minimum atomic E-state index is -1.44. The van der Waals surface area contributed by atoms with Crippen LogP contribution >= 0.6 is 0 Å². The molecule has 0 aromatic rings. The van der Waals surface area contributed by atoms with Crippen molar-refractivity contribution in [2.45, 2.75) is 70.6 Å². The molecule has 0 aliphatic rings. The molecular formula is C18H31N5O8. The van der Waals surface area contributed by atoms with Gasteiger partial charge in [0.05, 0.1) is 12.5 Å². The van der Waals surface area contributed by atoms with E-state index in [1.807, 2.05) is 0 Å². The van der Waals surface area contributed by atoms with Crippen LogP contribution < -0.4 is 27.4 Å². The first-order valence-corrected chi connectivity index (χ1v) is 9.69. The van der Waals surface area contributed by atoms with Crippen LogP contribution in [0.5, 0.6) is 0 Å². The summed E-state index contributed by atoms with van der Waals surface area (Å²) in [5, 5.41) is 24.8. The van der Waals surface area contributed by atoms with Crippen molar-refractivity contribution in [2.75, 3.05) is 0 Å². The second kappa shape index (κ2) is 13.2. The highest BCUT2D eigenvalue weighted by atomic mass is 16.4. The van der Waals surface area contributed by atoms with Crippen LogP contribution in [0.4, 0.5) is 0 Å². The molecule has 0 aliphatic carbocycles. The monoisotopic (exact) mass is 445 g/mol. The van der Waals surface area contributed by atoms with Gasteiger partial charge in [0, 0.05) is 6.42 Å². The van der Waals surface area contributed by atoms with Crippen molar-refractivity contribution in [2.24, 2.45) is 17.4 Å². The lowest BCUT2D eigenvalue weighted by Gasteiger charge is -2.26. The van der Waals surface area contributed by atoms with Crippen molar-refractivity contribution in [3.8, 4) is 0 Å². The van der Waals surface area contributed by atoms with E-state index >= 15 is 0 Å². The fraction of sp³-hybridized carbons (Fsp3) is 0.667. The van der Waals surface area contributed by atoms with Crippen LogP contribution in [0.25, 0.3) is 0 Å². The highest BCUT2D eigenvalue weighted by molar-refractivity contribution is 5.95. The molecule has 13 nitrogen and oxygen atoms in total. The molecule has 0 saturated carbocycles. The van der Waals surface area contributed by atoms with E-state index in [1.54, 1.807) is 13.8 Å². The summed E-state index contributed by atoms with van der Waals surface area (Å²) >= 11 is 0. The van der Waals surface area contributed by atoms with Crippen molar-refractivity contribution in [3.63, 3.8) is 0 Å². The average molecular weight is 445 g/mol. The highest BCUT2D eigenvalue weighted by Gasteiger charge is 2.31. The molecule has 0 rings (SSSR count). The fourth-order valence-electron chi connectivity index (χ4n) is 2.46. The SMILES string of the molecule is CCC(C)C(NC(=O)C(N)CC(N)=O)C(=O)NC(C)C(=O)NC(CCC(=O)O)C(=O)O. The third kappa shape index (κ3) is 10.4. The topological polar surface area (TPSA) is 231 Å². The molecule has 13 heteroatoms. The van der Waals surface area contributed by atoms with Gasteiger partial charge >= 0.3 is 11.9 Å². The number of carboxylic acid groups (broad SMARTS) is 2. The van der Waals surface area contributed by atoms with E-state index in [1.165, 1.54) is 6.92 Å². The van der Waals surface area contributed by atoms with Crippen LogP contribution in [0.3, 0.4) is 0 Å². The summed E-state index contributed by atoms with van der Waals surface area (Å²) in [4.78, 5) is 69.8. The Morgan fingerprint density at radius 1 is 0.903 bits per heavy atom. The molecule has 0 saturated heterocycles. The molecule has 0 aromatic heterocycles. The second-order valence-corrected chi connectivity index (χ2v) is 7.21. The van der Waals surface area contributed by atoms with Gasteiger partial charge in [-0.25, -0.2) is 4.79 Å². The molecule has 0 heterocycles. The van der Waals surface area contributed by atoms with Crippen molar-refractivity contribution in [1.82, 2.24) is 16.0 Å². The lowest BCUT2D eigenvalue weighted by Crippen LogP contribution is -2.58. The number of carbonyl (C=O) groups is 6. The van der Waals surface area contributed by atoms with E-state index in [2.05, 4.69) is 16.0 Å². The van der Waals surface area contributed by atoms with Gasteiger partial charge < -0.3 is 37.6 Å². The number of amides is 4. The smallest absolute Gasteiger partial charge is 0.326 e. The number of carboxylic acids is 2. The Hall–Kier alpha value is -3.22. The number of hydrogen-bond acceptors (Lipinski definition) is 7. The number of rotatable bonds is 14. The summed E-state index contributed by atoms with van der Waals surface area (Å²) in [6.07, 6.45) is -0.723. The highest BCUT2D eigenvalue weighted by Crippen LogP contribution is 2.09. The molecule has 176 valence electrons. The molecular weight excluding hydrogens is 414 g/mol. The zero-order chi connectivity index (χ0) is 24.3. The Morgan fingerprint density at radius 2 is 1.48 bits per heavy atom. The van der Waals surface area contributed by atoms with Crippen LogP contribution in [0, 0.1) is 5.92 Å². The number of primary amides is 1. The van der Waals surface area contributed by atoms with E-state index in [0.29, 0.717) is 6.42 Å². The van der Waals surface area contributed by atoms with Crippen LogP contribution in [0.2, 0.25) is 0 Å². The number of carbonyl (C=O) groups excluding carboxylic acids is 4. The molecule has 0 spiro atoms. The second-order valence-electron chi connectivity index (χ2n) is 7.21. The molecule has 5 unspecified atom stereocenters. The molecule has 9 N–H and O–H groups in total. The minimum absolute atomic E-state index is 0.333. The molecule has 5 atom stereocenters. The Morgan fingerprint density at radius 3 is 1.94 bits per heavy atom. The Bertz CT molecular complexity index is 698. The van der Waals surface area contributed by atoms with Crippen LogP contribution in [0.1, 0.15) is 46.5 Å². The van der Waals surface area contributed by atoms with Gasteiger partial charge in [-0.1, -0.05) is 20.3 Å². The van der Waals surface area contributed by atoms with Crippen LogP contribution in [0.15, 0.2) is 0 Å². The van der Waals surface area contributed by atoms with Gasteiger partial charge in [0.25, 0.3) is 0 Å². The zero-order valence-corrected chi connectivity index (χ0v) is 17.7. The summed E-state index contributed by atoms with van der Waals surface area (Å²) < 4.78 is 0. The van der Waals surface area contributed by atoms with Gasteiger partial charge in [-0.3, -0.25) is 24.0 Å². The summed E-state index contributed by atoms with van der Waals surface area (Å²) in [6, 6.07) is -4.95. The van der Waals surface area contributed by atoms with E-state index in [9.17, 15) is 28.8 Å². The maximum Gasteiger partial charge on any atom is 0.326 e. The lowest BCUT2D eigenvalue weighted by atomic mass is 9.97. The molecule has 0 fully saturated rings. The maximum absolute atomic E-state index is 12.6. The molecule has 0 aromatic carbocycles. The van der Waals surface area contributed by atoms with E-state index in [-0.39, 0.29) is 12.3 Å². The maximum atomic E-state index is 12.6. The predicted octanol–water partition coefficient (Wildman–Crippen LogP) is -2.34. The van der Waals surface area contributed by atoms with E-state index in [4.69, 9.17) is 21.7 Å². The molecule has 0 bridgehead atoms. The fourth-order valence-corrected chi connectivity index (χ4v) is 2.46. The largest absolute Gasteiger partial charge is 0.481 e. The van der Waals surface area contributed by atoms with Crippen LogP contribution in [-0.2, 0) is 28.8 Å². The first kappa shape index (κ1) is 27.8. The van der Waals surface area contributed by atoms with Gasteiger partial charge in [0.15, 0.2) is 0 Å². The van der Waals surface area contributed by atoms with Gasteiger partial charge in [-0.15, -0.1) is 0 Å². The molecule has 4 amide bonds.